The van der Waals surface area contributed by atoms with E-state index in [2.05, 4.69) is 5.11 Å². The standard InChI is InChI=1S/C4H10O/c1-4(2,3)5/h5H,1-3H3/i5D. The minimum atomic E-state index is -0.292. The van der Waals surface area contributed by atoms with Gasteiger partial charge in [-0.15, -0.1) is 0 Å². The minimum Gasteiger partial charge on any atom is -0.391 e. The van der Waals surface area contributed by atoms with Gasteiger partial charge in [-0.3, -0.25) is 0 Å². The van der Waals surface area contributed by atoms with E-state index >= 15 is 0 Å². The molecular weight excluding hydrogens is 64.0 g/mol. The van der Waals surface area contributed by atoms with Crippen molar-refractivity contribution in [2.75, 3.05) is 0 Å². The van der Waals surface area contributed by atoms with Crippen molar-refractivity contribution in [2.24, 2.45) is 0 Å². The molecule has 0 rings (SSSR count). The first kappa shape index (κ1) is 3.16. The Hall–Kier alpha value is -0.0400. The second-order valence-corrected chi connectivity index (χ2v) is 2.11. The first-order valence-electron chi connectivity index (χ1n) is 2.11. The molecule has 0 fully saturated rings. The lowest BCUT2D eigenvalue weighted by molar-refractivity contribution is 0.102. The van der Waals surface area contributed by atoms with Crippen LogP contribution in [-0.4, -0.2) is 12.1 Å². The fourth-order valence-electron chi connectivity index (χ4n) is 0. The van der Waals surface area contributed by atoms with Gasteiger partial charge in [-0.25, -0.2) is 0 Å². The molecule has 0 aliphatic carbocycles. The van der Waals surface area contributed by atoms with Crippen LogP contribution in [-0.2, 0) is 0 Å². The lowest BCUT2D eigenvalue weighted by Crippen LogP contribution is -2.10. The van der Waals surface area contributed by atoms with Gasteiger partial charge in [0, 0.05) is 0 Å². The second-order valence-electron chi connectivity index (χ2n) is 2.11. The maximum atomic E-state index is 6.35. The van der Waals surface area contributed by atoms with Crippen molar-refractivity contribution in [3.63, 3.8) is 0 Å². The van der Waals surface area contributed by atoms with Crippen LogP contribution in [0.1, 0.15) is 20.8 Å². The Kier molecular flexibility index (Phi) is 0.618. The van der Waals surface area contributed by atoms with Gasteiger partial charge in [0.15, 0.2) is 0 Å². The maximum absolute atomic E-state index is 6.35. The number of hydrogen-bond acceptors (Lipinski definition) is 1. The third-order valence-electron chi connectivity index (χ3n) is 0. The zero-order chi connectivity index (χ0) is 5.21. The quantitative estimate of drug-likeness (QED) is 0.451. The van der Waals surface area contributed by atoms with Crippen molar-refractivity contribution < 1.29 is 5.11 Å². The number of rotatable bonds is 0. The van der Waals surface area contributed by atoms with Crippen LogP contribution in [0.15, 0.2) is 0 Å². The van der Waals surface area contributed by atoms with Gasteiger partial charge in [0.1, 0.15) is 0 Å². The van der Waals surface area contributed by atoms with Gasteiger partial charge in [-0.2, -0.15) is 0 Å². The van der Waals surface area contributed by atoms with Crippen molar-refractivity contribution >= 4 is 0 Å². The average Bonchev–Trinajstić information content (AvgIpc) is 1.35. The Labute approximate surface area is 34.1 Å². The van der Waals surface area contributed by atoms with Gasteiger partial charge in [0.25, 0.3) is 0 Å². The highest BCUT2D eigenvalue weighted by Gasteiger charge is 1.97. The van der Waals surface area contributed by atoms with Crippen molar-refractivity contribution in [2.45, 2.75) is 26.4 Å². The van der Waals surface area contributed by atoms with Gasteiger partial charge in [-0.05, 0) is 20.8 Å². The van der Waals surface area contributed by atoms with Crippen molar-refractivity contribution in [1.29, 1.82) is 1.43 Å². The highest BCUT2D eigenvalue weighted by Crippen LogP contribution is 1.93. The summed E-state index contributed by atoms with van der Waals surface area (Å²) in [5.41, 5.74) is -0.292. The molecule has 0 spiro atoms. The van der Waals surface area contributed by atoms with E-state index in [-0.39, 0.29) is 5.60 Å². The van der Waals surface area contributed by atoms with Crippen molar-refractivity contribution in [1.82, 2.24) is 0 Å². The van der Waals surface area contributed by atoms with E-state index in [0.717, 1.165) is 0 Å². The maximum Gasteiger partial charge on any atom is 0.211 e. The van der Waals surface area contributed by atoms with Crippen LogP contribution in [0, 0.1) is 0 Å². The zero-order valence-electron chi connectivity index (χ0n) is 4.91. The van der Waals surface area contributed by atoms with E-state index in [0.29, 0.717) is 0 Å². The van der Waals surface area contributed by atoms with Crippen LogP contribution in [0.25, 0.3) is 0 Å². The molecule has 32 valence electrons. The van der Waals surface area contributed by atoms with Crippen LogP contribution >= 0.6 is 0 Å². The van der Waals surface area contributed by atoms with Crippen LogP contribution < -0.4 is 0 Å². The van der Waals surface area contributed by atoms with E-state index in [1.165, 1.54) is 0 Å². The summed E-state index contributed by atoms with van der Waals surface area (Å²) in [6, 6.07) is 0. The molecule has 0 bridgehead atoms. The topological polar surface area (TPSA) is 20.2 Å². The lowest BCUT2D eigenvalue weighted by atomic mass is 10.2. The SMILES string of the molecule is [2H]OC(C)(C)C. The number of aliphatic hydroxyl groups is 1. The Morgan fingerprint density at radius 1 is 1.60 bits per heavy atom. The molecule has 0 atom stereocenters. The number of hydrogen-bond donors (Lipinski definition) is 1. The molecule has 0 amide bonds. The van der Waals surface area contributed by atoms with Crippen molar-refractivity contribution in [3.05, 3.63) is 0 Å². The van der Waals surface area contributed by atoms with Gasteiger partial charge >= 0.3 is 0 Å². The summed E-state index contributed by atoms with van der Waals surface area (Å²) >= 11 is 0. The monoisotopic (exact) mass is 75.1 g/mol. The molecular formula is C4H10O. The first-order valence-corrected chi connectivity index (χ1v) is 1.70. The molecule has 0 radical (unpaired) electrons. The summed E-state index contributed by atoms with van der Waals surface area (Å²) in [6.45, 7) is 5.50. The molecule has 5 heavy (non-hydrogen) atoms. The zero-order valence-corrected chi connectivity index (χ0v) is 3.91. The summed E-state index contributed by atoms with van der Waals surface area (Å²) in [6.07, 6.45) is 0. The van der Waals surface area contributed by atoms with Gasteiger partial charge < -0.3 is 5.11 Å². The Balaban J connectivity index is 3.17. The fourth-order valence-corrected chi connectivity index (χ4v) is 0. The van der Waals surface area contributed by atoms with E-state index < -0.39 is 0 Å². The third kappa shape index (κ3) is 9510. The summed E-state index contributed by atoms with van der Waals surface area (Å²) < 4.78 is 6.35. The Morgan fingerprint density at radius 2 is 1.80 bits per heavy atom. The highest BCUT2D eigenvalue weighted by molar-refractivity contribution is 4.50. The van der Waals surface area contributed by atoms with Crippen LogP contribution in [0.3, 0.4) is 0 Å². The summed E-state index contributed by atoms with van der Waals surface area (Å²) in [5.74, 6) is 0. The van der Waals surface area contributed by atoms with Crippen LogP contribution in [0.5, 0.6) is 0 Å². The molecule has 0 aliphatic heterocycles. The smallest absolute Gasteiger partial charge is 0.211 e. The Bertz CT molecular complexity index is 37.3. The lowest BCUT2D eigenvalue weighted by Gasteiger charge is -2.04. The largest absolute Gasteiger partial charge is 0.391 e. The average molecular weight is 75.1 g/mol. The van der Waals surface area contributed by atoms with Crippen LogP contribution in [0.4, 0.5) is 0 Å². The van der Waals surface area contributed by atoms with Crippen LogP contribution in [0.2, 0.25) is 0 Å². The fraction of sp³-hybridized carbons (Fsp3) is 1.00. The second kappa shape index (κ2) is 0.977. The molecule has 0 aromatic heterocycles. The summed E-state index contributed by atoms with van der Waals surface area (Å²) in [7, 11) is 0. The van der Waals surface area contributed by atoms with E-state index in [4.69, 9.17) is 1.43 Å². The first-order chi connectivity index (χ1) is 2.56. The molecule has 1 nitrogen and oxygen atoms in total. The molecule has 0 aromatic rings. The predicted molar refractivity (Wildman–Crippen MR) is 22.0 cm³/mol. The Morgan fingerprint density at radius 3 is 1.80 bits per heavy atom. The molecule has 0 aliphatic rings. The summed E-state index contributed by atoms with van der Waals surface area (Å²) in [5, 5.41) is 4.19. The molecule has 0 saturated carbocycles. The molecule has 0 unspecified atom stereocenters. The molecule has 0 aromatic carbocycles. The van der Waals surface area contributed by atoms with Gasteiger partial charge in [0.05, 0.1) is 5.60 Å². The normalized spacial score (nSPS) is 14.6. The van der Waals surface area contributed by atoms with Gasteiger partial charge in [-0.1, -0.05) is 0 Å². The predicted octanol–water partition coefficient (Wildman–Crippen LogP) is 0.777. The third-order valence-corrected chi connectivity index (χ3v) is 0. The van der Waals surface area contributed by atoms with Gasteiger partial charge in [0.2, 0.25) is 1.43 Å². The molecule has 1 heteroatoms. The molecule has 0 heterocycles. The molecule has 1 N–H and O–H groups in total. The van der Waals surface area contributed by atoms with Crippen molar-refractivity contribution in [3.8, 4) is 0 Å². The summed E-state index contributed by atoms with van der Waals surface area (Å²) in [4.78, 5) is 0. The van der Waals surface area contributed by atoms with E-state index in [1.807, 2.05) is 20.8 Å². The minimum absolute atomic E-state index is 0.292. The van der Waals surface area contributed by atoms with E-state index in [9.17, 15) is 0 Å². The highest BCUT2D eigenvalue weighted by atomic mass is 16.3. The van der Waals surface area contributed by atoms with E-state index in [1.54, 1.807) is 0 Å². The molecule has 0 saturated heterocycles.